The number of ether oxygens (including phenoxy) is 1. The summed E-state index contributed by atoms with van der Waals surface area (Å²) in [7, 11) is 0. The van der Waals surface area contributed by atoms with Crippen molar-refractivity contribution in [3.8, 4) is 5.75 Å². The normalized spacial score (nSPS) is 10.9. The Balaban J connectivity index is 2.18. The van der Waals surface area contributed by atoms with Gasteiger partial charge in [0.15, 0.2) is 0 Å². The molecule has 0 amide bonds. The van der Waals surface area contributed by atoms with Gasteiger partial charge < -0.3 is 9.72 Å². The zero-order valence-electron chi connectivity index (χ0n) is 10.8. The van der Waals surface area contributed by atoms with Gasteiger partial charge in [-0.3, -0.25) is 0 Å². The molecule has 1 aromatic heterocycles. The van der Waals surface area contributed by atoms with Gasteiger partial charge in [-0.1, -0.05) is 26.7 Å². The van der Waals surface area contributed by atoms with Crippen LogP contribution in [0.3, 0.4) is 0 Å². The molecule has 0 unspecified atom stereocenters. The molecule has 0 aliphatic heterocycles. The lowest BCUT2D eigenvalue weighted by Gasteiger charge is -2.05. The van der Waals surface area contributed by atoms with Crippen LogP contribution in [-0.2, 0) is 6.42 Å². The van der Waals surface area contributed by atoms with E-state index in [1.807, 2.05) is 6.07 Å². The molecule has 2 rings (SSSR count). The van der Waals surface area contributed by atoms with Crippen LogP contribution < -0.4 is 4.74 Å². The number of aromatic nitrogens is 1. The average Bonchev–Trinajstić information content (AvgIpc) is 2.73. The molecule has 1 heterocycles. The van der Waals surface area contributed by atoms with Gasteiger partial charge in [-0.25, -0.2) is 0 Å². The first-order valence-electron chi connectivity index (χ1n) is 6.58. The number of aryl methyl sites for hydroxylation is 1. The van der Waals surface area contributed by atoms with Crippen LogP contribution in [0.5, 0.6) is 5.75 Å². The summed E-state index contributed by atoms with van der Waals surface area (Å²) in [5, 5.41) is 1.31. The zero-order chi connectivity index (χ0) is 12.1. The van der Waals surface area contributed by atoms with Crippen molar-refractivity contribution in [2.75, 3.05) is 6.61 Å². The predicted molar refractivity (Wildman–Crippen MR) is 72.7 cm³/mol. The number of rotatable bonds is 6. The van der Waals surface area contributed by atoms with Crippen molar-refractivity contribution in [1.29, 1.82) is 0 Å². The van der Waals surface area contributed by atoms with Crippen LogP contribution in [0.25, 0.3) is 10.9 Å². The molecule has 0 atom stereocenters. The van der Waals surface area contributed by atoms with Gasteiger partial charge in [-0.15, -0.1) is 0 Å². The summed E-state index contributed by atoms with van der Waals surface area (Å²) in [6.45, 7) is 5.20. The lowest BCUT2D eigenvalue weighted by Crippen LogP contribution is -1.96. The minimum Gasteiger partial charge on any atom is -0.494 e. The van der Waals surface area contributed by atoms with E-state index in [9.17, 15) is 0 Å². The van der Waals surface area contributed by atoms with E-state index >= 15 is 0 Å². The van der Waals surface area contributed by atoms with Crippen molar-refractivity contribution in [3.63, 3.8) is 0 Å². The lowest BCUT2D eigenvalue weighted by atomic mass is 10.1. The molecule has 0 aliphatic carbocycles. The van der Waals surface area contributed by atoms with Gasteiger partial charge in [0.2, 0.25) is 0 Å². The highest BCUT2D eigenvalue weighted by molar-refractivity contribution is 5.84. The number of hydrogen-bond donors (Lipinski definition) is 1. The van der Waals surface area contributed by atoms with Crippen LogP contribution in [-0.4, -0.2) is 11.6 Å². The van der Waals surface area contributed by atoms with Crippen LogP contribution in [0.1, 0.15) is 38.7 Å². The van der Waals surface area contributed by atoms with E-state index in [4.69, 9.17) is 4.74 Å². The van der Waals surface area contributed by atoms with Gasteiger partial charge in [0.25, 0.3) is 0 Å². The number of nitrogens with one attached hydrogen (secondary N) is 1. The molecule has 0 saturated carbocycles. The van der Waals surface area contributed by atoms with E-state index in [0.29, 0.717) is 0 Å². The number of fused-ring (bicyclic) bond motifs is 1. The van der Waals surface area contributed by atoms with Crippen molar-refractivity contribution >= 4 is 10.9 Å². The first-order chi connectivity index (χ1) is 8.35. The van der Waals surface area contributed by atoms with Gasteiger partial charge in [0.05, 0.1) is 6.61 Å². The Bertz CT molecular complexity index is 473. The predicted octanol–water partition coefficient (Wildman–Crippen LogP) is 4.30. The minimum atomic E-state index is 0.815. The SMILES string of the molecule is CCCCOc1ccc2[nH]cc(CCC)c2c1. The number of H-pyrrole nitrogens is 1. The fourth-order valence-electron chi connectivity index (χ4n) is 2.06. The summed E-state index contributed by atoms with van der Waals surface area (Å²) in [6, 6.07) is 6.31. The standard InChI is InChI=1S/C15H21NO/c1-3-5-9-17-13-7-8-15-14(10-13)12(6-4-2)11-16-15/h7-8,10-11,16H,3-6,9H2,1-2H3. The van der Waals surface area contributed by atoms with E-state index in [2.05, 4.69) is 37.2 Å². The van der Waals surface area contributed by atoms with E-state index in [0.717, 1.165) is 25.2 Å². The summed E-state index contributed by atoms with van der Waals surface area (Å²) >= 11 is 0. The molecular formula is C15H21NO. The second-order valence-electron chi connectivity index (χ2n) is 4.47. The first-order valence-corrected chi connectivity index (χ1v) is 6.58. The summed E-state index contributed by atoms with van der Waals surface area (Å²) in [6.07, 6.45) is 6.71. The number of hydrogen-bond acceptors (Lipinski definition) is 1. The molecule has 2 nitrogen and oxygen atoms in total. The lowest BCUT2D eigenvalue weighted by molar-refractivity contribution is 0.310. The van der Waals surface area contributed by atoms with Gasteiger partial charge in [0.1, 0.15) is 5.75 Å². The third-order valence-corrected chi connectivity index (χ3v) is 3.02. The van der Waals surface area contributed by atoms with Gasteiger partial charge in [0, 0.05) is 17.1 Å². The Morgan fingerprint density at radius 1 is 1.18 bits per heavy atom. The van der Waals surface area contributed by atoms with Crippen molar-refractivity contribution in [2.45, 2.75) is 39.5 Å². The smallest absolute Gasteiger partial charge is 0.120 e. The Labute approximate surface area is 103 Å². The molecule has 2 aromatic rings. The van der Waals surface area contributed by atoms with E-state index in [1.165, 1.54) is 29.3 Å². The molecule has 17 heavy (non-hydrogen) atoms. The van der Waals surface area contributed by atoms with Crippen molar-refractivity contribution in [2.24, 2.45) is 0 Å². The van der Waals surface area contributed by atoms with Gasteiger partial charge >= 0.3 is 0 Å². The Hall–Kier alpha value is -1.44. The van der Waals surface area contributed by atoms with E-state index < -0.39 is 0 Å². The number of aromatic amines is 1. The van der Waals surface area contributed by atoms with Crippen LogP contribution in [0.15, 0.2) is 24.4 Å². The molecule has 2 heteroatoms. The van der Waals surface area contributed by atoms with Crippen molar-refractivity contribution < 1.29 is 4.74 Å². The van der Waals surface area contributed by atoms with Crippen molar-refractivity contribution in [1.82, 2.24) is 4.98 Å². The number of benzene rings is 1. The maximum Gasteiger partial charge on any atom is 0.120 e. The third kappa shape index (κ3) is 2.82. The van der Waals surface area contributed by atoms with Crippen molar-refractivity contribution in [3.05, 3.63) is 30.0 Å². The average molecular weight is 231 g/mol. The molecule has 0 saturated heterocycles. The summed E-state index contributed by atoms with van der Waals surface area (Å²) in [5.41, 5.74) is 2.60. The van der Waals surface area contributed by atoms with E-state index in [1.54, 1.807) is 0 Å². The molecule has 0 aliphatic rings. The maximum absolute atomic E-state index is 5.74. The molecule has 1 N–H and O–H groups in total. The van der Waals surface area contributed by atoms with Gasteiger partial charge in [-0.05, 0) is 36.6 Å². The third-order valence-electron chi connectivity index (χ3n) is 3.02. The first kappa shape index (κ1) is 12.0. The fraction of sp³-hybridized carbons (Fsp3) is 0.467. The molecule has 0 fully saturated rings. The van der Waals surface area contributed by atoms with Crippen LogP contribution in [0.2, 0.25) is 0 Å². The quantitative estimate of drug-likeness (QED) is 0.737. The Kier molecular flexibility index (Phi) is 4.08. The highest BCUT2D eigenvalue weighted by atomic mass is 16.5. The number of unbranched alkanes of at least 4 members (excludes halogenated alkanes) is 1. The molecule has 92 valence electrons. The molecule has 0 radical (unpaired) electrons. The fourth-order valence-corrected chi connectivity index (χ4v) is 2.06. The highest BCUT2D eigenvalue weighted by Gasteiger charge is 2.04. The molecular weight excluding hydrogens is 210 g/mol. The van der Waals surface area contributed by atoms with E-state index in [-0.39, 0.29) is 0 Å². The highest BCUT2D eigenvalue weighted by Crippen LogP contribution is 2.24. The van der Waals surface area contributed by atoms with Crippen LogP contribution >= 0.6 is 0 Å². The van der Waals surface area contributed by atoms with Crippen LogP contribution in [0, 0.1) is 0 Å². The second-order valence-corrected chi connectivity index (χ2v) is 4.47. The monoisotopic (exact) mass is 231 g/mol. The second kappa shape index (κ2) is 5.76. The summed E-state index contributed by atoms with van der Waals surface area (Å²) in [4.78, 5) is 3.31. The molecule has 1 aromatic carbocycles. The largest absolute Gasteiger partial charge is 0.494 e. The summed E-state index contributed by atoms with van der Waals surface area (Å²) in [5.74, 6) is 0.989. The zero-order valence-corrected chi connectivity index (χ0v) is 10.8. The maximum atomic E-state index is 5.74. The van der Waals surface area contributed by atoms with Crippen LogP contribution in [0.4, 0.5) is 0 Å². The molecule has 0 spiro atoms. The molecule has 0 bridgehead atoms. The topological polar surface area (TPSA) is 25.0 Å². The van der Waals surface area contributed by atoms with Gasteiger partial charge in [-0.2, -0.15) is 0 Å². The Morgan fingerprint density at radius 3 is 2.82 bits per heavy atom. The minimum absolute atomic E-state index is 0.815. The Morgan fingerprint density at radius 2 is 2.06 bits per heavy atom. The summed E-state index contributed by atoms with van der Waals surface area (Å²) < 4.78 is 5.74.